The van der Waals surface area contributed by atoms with Crippen LogP contribution in [0.15, 0.2) is 0 Å². The summed E-state index contributed by atoms with van der Waals surface area (Å²) in [5.41, 5.74) is 0. The fourth-order valence-corrected chi connectivity index (χ4v) is 1.80. The average molecular weight is 191 g/mol. The van der Waals surface area contributed by atoms with Gasteiger partial charge < -0.3 is 4.90 Å². The molecule has 1 heterocycles. The molecule has 0 N–H and O–H groups in total. The number of rotatable bonds is 1. The molecule has 0 aromatic carbocycles. The minimum atomic E-state index is 0.700. The normalized spacial score (nSPS) is 30.7. The fourth-order valence-electron chi connectivity index (χ4n) is 1.13. The zero-order valence-corrected chi connectivity index (χ0v) is 7.39. The van der Waals surface area contributed by atoms with Crippen LogP contribution in [0.3, 0.4) is 0 Å². The minimum Gasteiger partial charge on any atom is -0.302 e. The van der Waals surface area contributed by atoms with Crippen LogP contribution in [-0.2, 0) is 0 Å². The summed E-state index contributed by atoms with van der Waals surface area (Å²) < 4.78 is 0. The first-order valence-electron chi connectivity index (χ1n) is 3.51. The van der Waals surface area contributed by atoms with Crippen LogP contribution in [0.1, 0.15) is 13.3 Å². The van der Waals surface area contributed by atoms with E-state index < -0.39 is 0 Å². The molecule has 0 bridgehead atoms. The largest absolute Gasteiger partial charge is 0.302 e. The Balaban J connectivity index is 2.23. The van der Waals surface area contributed by atoms with Crippen molar-refractivity contribution in [1.82, 2.24) is 4.90 Å². The first-order chi connectivity index (χ1) is 4.33. The molecule has 0 saturated carbocycles. The van der Waals surface area contributed by atoms with Crippen LogP contribution in [0, 0.1) is 6.42 Å². The number of hydrogen-bond acceptors (Lipinski definition) is 1. The second kappa shape index (κ2) is 3.57. The molecule has 1 atom stereocenters. The number of hydrogen-bond donors (Lipinski definition) is 0. The van der Waals surface area contributed by atoms with Gasteiger partial charge >= 0.3 is 0 Å². The van der Waals surface area contributed by atoms with Crippen molar-refractivity contribution in [2.75, 3.05) is 19.6 Å². The van der Waals surface area contributed by atoms with Crippen molar-refractivity contribution in [1.29, 1.82) is 0 Å². The van der Waals surface area contributed by atoms with Gasteiger partial charge in [0.05, 0.1) is 0 Å². The molecule has 0 amide bonds. The van der Waals surface area contributed by atoms with Crippen LogP contribution in [0.4, 0.5) is 0 Å². The standard InChI is InChI=1S/C7H13BrN/c1-2-9-5-3-4-7(8)6-9/h3,7H,2,4-6H2,1H3. The van der Waals surface area contributed by atoms with E-state index in [-0.39, 0.29) is 0 Å². The number of nitrogens with zero attached hydrogens (tertiary/aromatic N) is 1. The van der Waals surface area contributed by atoms with Crippen LogP contribution in [-0.4, -0.2) is 29.4 Å². The van der Waals surface area contributed by atoms with Crippen LogP contribution < -0.4 is 0 Å². The lowest BCUT2D eigenvalue weighted by Gasteiger charge is -2.28. The molecule has 0 aromatic rings. The van der Waals surface area contributed by atoms with Gasteiger partial charge in [-0.25, -0.2) is 0 Å². The Kier molecular flexibility index (Phi) is 2.99. The van der Waals surface area contributed by atoms with E-state index in [0.717, 1.165) is 0 Å². The van der Waals surface area contributed by atoms with Gasteiger partial charge in [0.1, 0.15) is 0 Å². The van der Waals surface area contributed by atoms with Crippen molar-refractivity contribution >= 4 is 15.9 Å². The van der Waals surface area contributed by atoms with Crippen LogP contribution in [0.25, 0.3) is 0 Å². The Hall–Kier alpha value is 0.440. The third-order valence-corrected chi connectivity index (χ3v) is 2.38. The average Bonchev–Trinajstić information content (AvgIpc) is 1.88. The second-order valence-corrected chi connectivity index (χ2v) is 3.77. The first-order valence-corrected chi connectivity index (χ1v) is 4.42. The third-order valence-electron chi connectivity index (χ3n) is 1.71. The molecule has 1 aliphatic rings. The number of halogens is 1. The highest BCUT2D eigenvalue weighted by atomic mass is 79.9. The summed E-state index contributed by atoms with van der Waals surface area (Å²) in [5, 5.41) is 0. The fraction of sp³-hybridized carbons (Fsp3) is 0.857. The van der Waals surface area contributed by atoms with Crippen LogP contribution >= 0.6 is 15.9 Å². The molecular formula is C7H13BrN. The van der Waals surface area contributed by atoms with Crippen molar-refractivity contribution in [2.45, 2.75) is 18.2 Å². The van der Waals surface area contributed by atoms with Crippen molar-refractivity contribution in [3.63, 3.8) is 0 Å². The van der Waals surface area contributed by atoms with Gasteiger partial charge in [-0.3, -0.25) is 0 Å². The van der Waals surface area contributed by atoms with Crippen molar-refractivity contribution < 1.29 is 0 Å². The summed E-state index contributed by atoms with van der Waals surface area (Å²) in [6.45, 7) is 5.78. The maximum Gasteiger partial charge on any atom is 0.0276 e. The van der Waals surface area contributed by atoms with Gasteiger partial charge in [0.15, 0.2) is 0 Å². The lowest BCUT2D eigenvalue weighted by atomic mass is 10.1. The minimum absolute atomic E-state index is 0.700. The molecule has 1 unspecified atom stereocenters. The van der Waals surface area contributed by atoms with Gasteiger partial charge in [0, 0.05) is 17.9 Å². The summed E-state index contributed by atoms with van der Waals surface area (Å²) in [6, 6.07) is 0. The lowest BCUT2D eigenvalue weighted by Crippen LogP contribution is -2.35. The zero-order chi connectivity index (χ0) is 6.69. The molecule has 0 spiro atoms. The van der Waals surface area contributed by atoms with Gasteiger partial charge in [0.25, 0.3) is 0 Å². The van der Waals surface area contributed by atoms with E-state index in [9.17, 15) is 0 Å². The Morgan fingerprint density at radius 1 is 1.78 bits per heavy atom. The van der Waals surface area contributed by atoms with Gasteiger partial charge in [-0.05, 0) is 19.4 Å². The van der Waals surface area contributed by atoms with E-state index in [4.69, 9.17) is 0 Å². The number of piperidine rings is 1. The number of alkyl halides is 1. The Morgan fingerprint density at radius 2 is 2.56 bits per heavy atom. The van der Waals surface area contributed by atoms with Gasteiger partial charge in [-0.15, -0.1) is 0 Å². The summed E-state index contributed by atoms with van der Waals surface area (Å²) in [4.78, 5) is 3.13. The molecule has 1 aliphatic heterocycles. The highest BCUT2D eigenvalue weighted by Gasteiger charge is 2.14. The Bertz CT molecular complexity index is 85.0. The summed E-state index contributed by atoms with van der Waals surface area (Å²) in [7, 11) is 0. The molecule has 0 aromatic heterocycles. The monoisotopic (exact) mass is 190 g/mol. The van der Waals surface area contributed by atoms with E-state index in [1.807, 2.05) is 0 Å². The summed E-state index contributed by atoms with van der Waals surface area (Å²) >= 11 is 3.60. The first kappa shape index (κ1) is 7.55. The molecule has 1 radical (unpaired) electrons. The molecule has 53 valence electrons. The molecule has 0 aliphatic carbocycles. The van der Waals surface area contributed by atoms with Gasteiger partial charge in [-0.2, -0.15) is 0 Å². The predicted molar refractivity (Wildman–Crippen MR) is 43.7 cm³/mol. The highest BCUT2D eigenvalue weighted by Crippen LogP contribution is 2.14. The molecule has 1 saturated heterocycles. The van der Waals surface area contributed by atoms with Crippen molar-refractivity contribution in [3.8, 4) is 0 Å². The summed E-state index contributed by atoms with van der Waals surface area (Å²) in [6.07, 6.45) is 3.57. The smallest absolute Gasteiger partial charge is 0.0276 e. The van der Waals surface area contributed by atoms with Crippen molar-refractivity contribution in [2.24, 2.45) is 0 Å². The molecule has 1 fully saturated rings. The highest BCUT2D eigenvalue weighted by molar-refractivity contribution is 9.09. The molecule has 9 heavy (non-hydrogen) atoms. The topological polar surface area (TPSA) is 3.24 Å². The lowest BCUT2D eigenvalue weighted by molar-refractivity contribution is 0.283. The van der Waals surface area contributed by atoms with Gasteiger partial charge in [-0.1, -0.05) is 22.9 Å². The zero-order valence-electron chi connectivity index (χ0n) is 5.81. The van der Waals surface area contributed by atoms with E-state index in [1.165, 1.54) is 26.1 Å². The maximum atomic E-state index is 3.60. The van der Waals surface area contributed by atoms with Crippen molar-refractivity contribution in [3.05, 3.63) is 6.42 Å². The second-order valence-electron chi connectivity index (χ2n) is 2.47. The van der Waals surface area contributed by atoms with E-state index in [2.05, 4.69) is 34.2 Å². The molecule has 1 rings (SSSR count). The molecule has 1 nitrogen and oxygen atoms in total. The van der Waals surface area contributed by atoms with E-state index in [0.29, 0.717) is 4.83 Å². The maximum absolute atomic E-state index is 3.60. The quantitative estimate of drug-likeness (QED) is 0.570. The summed E-state index contributed by atoms with van der Waals surface area (Å²) in [5.74, 6) is 0. The Labute approximate surface area is 65.6 Å². The van der Waals surface area contributed by atoms with Gasteiger partial charge in [0.2, 0.25) is 0 Å². The molecular weight excluding hydrogens is 178 g/mol. The van der Waals surface area contributed by atoms with E-state index in [1.54, 1.807) is 0 Å². The predicted octanol–water partition coefficient (Wildman–Crippen LogP) is 1.68. The Morgan fingerprint density at radius 3 is 3.00 bits per heavy atom. The SMILES string of the molecule is CCN1C[CH]CC(Br)C1. The van der Waals surface area contributed by atoms with Crippen LogP contribution in [0.2, 0.25) is 0 Å². The van der Waals surface area contributed by atoms with E-state index >= 15 is 0 Å². The molecule has 2 heteroatoms. The third kappa shape index (κ3) is 2.26. The number of likely N-dealkylation sites (tertiary alicyclic amines) is 1. The van der Waals surface area contributed by atoms with Crippen LogP contribution in [0.5, 0.6) is 0 Å².